The normalized spacial score (nSPS) is 9.92. The number of rotatable bonds is 3. The molecule has 0 aliphatic rings. The van der Waals surface area contributed by atoms with Gasteiger partial charge in [0.15, 0.2) is 0 Å². The van der Waals surface area contributed by atoms with Crippen LogP contribution in [0.1, 0.15) is 18.1 Å². The van der Waals surface area contributed by atoms with Crippen LogP contribution in [0.4, 0.5) is 0 Å². The van der Waals surface area contributed by atoms with Crippen molar-refractivity contribution in [2.24, 2.45) is 0 Å². The Kier molecular flexibility index (Phi) is 3.42. The van der Waals surface area contributed by atoms with Gasteiger partial charge in [0.05, 0.1) is 12.5 Å². The van der Waals surface area contributed by atoms with Crippen molar-refractivity contribution in [2.75, 3.05) is 6.61 Å². The number of halogens is 1. The largest absolute Gasteiger partial charge is 0.494 e. The van der Waals surface area contributed by atoms with Gasteiger partial charge in [-0.05, 0) is 19.9 Å². The van der Waals surface area contributed by atoms with E-state index in [1.165, 1.54) is 5.56 Å². The van der Waals surface area contributed by atoms with Crippen molar-refractivity contribution in [2.45, 2.75) is 19.7 Å². The minimum absolute atomic E-state index is 0.511. The van der Waals surface area contributed by atoms with Crippen molar-refractivity contribution in [3.63, 3.8) is 0 Å². The second-order valence-electron chi connectivity index (χ2n) is 2.68. The lowest BCUT2D eigenvalue weighted by atomic mass is 10.1. The molecule has 0 atom stereocenters. The Labute approximate surface area is 78.3 Å². The standard InChI is InChI=1S/C10H13ClO/c1-3-12-10-5-4-8(2)6-9(10)7-11/h4-6H,3,7H2,1-2H3. The first kappa shape index (κ1) is 9.40. The lowest BCUT2D eigenvalue weighted by Crippen LogP contribution is -1.95. The van der Waals surface area contributed by atoms with Crippen LogP contribution in [0, 0.1) is 6.92 Å². The second-order valence-corrected chi connectivity index (χ2v) is 2.95. The van der Waals surface area contributed by atoms with Crippen molar-refractivity contribution in [3.05, 3.63) is 29.3 Å². The Morgan fingerprint density at radius 1 is 1.42 bits per heavy atom. The number of ether oxygens (including phenoxy) is 1. The predicted molar refractivity (Wildman–Crippen MR) is 51.9 cm³/mol. The van der Waals surface area contributed by atoms with Crippen LogP contribution < -0.4 is 4.74 Å². The monoisotopic (exact) mass is 184 g/mol. The Morgan fingerprint density at radius 2 is 2.17 bits per heavy atom. The van der Waals surface area contributed by atoms with Gasteiger partial charge in [0.25, 0.3) is 0 Å². The summed E-state index contributed by atoms with van der Waals surface area (Å²) in [6, 6.07) is 6.05. The van der Waals surface area contributed by atoms with Gasteiger partial charge in [-0.3, -0.25) is 0 Å². The summed E-state index contributed by atoms with van der Waals surface area (Å²) in [5.41, 5.74) is 2.28. The van der Waals surface area contributed by atoms with E-state index in [0.717, 1.165) is 11.3 Å². The summed E-state index contributed by atoms with van der Waals surface area (Å²) in [6.07, 6.45) is 0. The second kappa shape index (κ2) is 4.36. The molecule has 0 fully saturated rings. The van der Waals surface area contributed by atoms with E-state index in [1.807, 2.05) is 26.0 Å². The number of hydrogen-bond donors (Lipinski definition) is 0. The molecule has 0 bridgehead atoms. The summed E-state index contributed by atoms with van der Waals surface area (Å²) < 4.78 is 5.40. The molecular formula is C10H13ClO. The zero-order chi connectivity index (χ0) is 8.97. The van der Waals surface area contributed by atoms with Crippen molar-refractivity contribution in [1.29, 1.82) is 0 Å². The molecule has 0 spiro atoms. The molecule has 1 aromatic rings. The summed E-state index contributed by atoms with van der Waals surface area (Å²) in [7, 11) is 0. The Morgan fingerprint density at radius 3 is 2.75 bits per heavy atom. The highest BCUT2D eigenvalue weighted by Crippen LogP contribution is 2.21. The number of benzene rings is 1. The molecule has 1 aromatic carbocycles. The van der Waals surface area contributed by atoms with Crippen LogP contribution in [0.3, 0.4) is 0 Å². The van der Waals surface area contributed by atoms with Crippen molar-refractivity contribution in [3.8, 4) is 5.75 Å². The first-order chi connectivity index (χ1) is 5.77. The van der Waals surface area contributed by atoms with E-state index in [0.29, 0.717) is 12.5 Å². The van der Waals surface area contributed by atoms with E-state index in [2.05, 4.69) is 6.07 Å². The quantitative estimate of drug-likeness (QED) is 0.656. The summed E-state index contributed by atoms with van der Waals surface area (Å²) in [6.45, 7) is 4.70. The maximum absolute atomic E-state index is 5.76. The van der Waals surface area contributed by atoms with Gasteiger partial charge in [0.2, 0.25) is 0 Å². The maximum Gasteiger partial charge on any atom is 0.123 e. The zero-order valence-corrected chi connectivity index (χ0v) is 8.19. The van der Waals surface area contributed by atoms with Gasteiger partial charge >= 0.3 is 0 Å². The van der Waals surface area contributed by atoms with Crippen molar-refractivity contribution < 1.29 is 4.74 Å². The van der Waals surface area contributed by atoms with Gasteiger partial charge in [-0.1, -0.05) is 17.7 Å². The number of alkyl halides is 1. The maximum atomic E-state index is 5.76. The van der Waals surface area contributed by atoms with Crippen molar-refractivity contribution in [1.82, 2.24) is 0 Å². The minimum atomic E-state index is 0.511. The molecule has 0 aliphatic heterocycles. The average molecular weight is 185 g/mol. The fourth-order valence-corrected chi connectivity index (χ4v) is 1.32. The molecule has 0 N–H and O–H groups in total. The van der Waals surface area contributed by atoms with Gasteiger partial charge in [-0.25, -0.2) is 0 Å². The topological polar surface area (TPSA) is 9.23 Å². The molecule has 2 heteroatoms. The summed E-state index contributed by atoms with van der Waals surface area (Å²) in [5.74, 6) is 1.41. The number of aryl methyl sites for hydroxylation is 1. The van der Waals surface area contributed by atoms with E-state index in [1.54, 1.807) is 0 Å². The molecular weight excluding hydrogens is 172 g/mol. The highest BCUT2D eigenvalue weighted by Gasteiger charge is 2.01. The lowest BCUT2D eigenvalue weighted by molar-refractivity contribution is 0.337. The van der Waals surface area contributed by atoms with Crippen LogP contribution in [0.2, 0.25) is 0 Å². The molecule has 66 valence electrons. The highest BCUT2D eigenvalue weighted by atomic mass is 35.5. The molecule has 0 radical (unpaired) electrons. The van der Waals surface area contributed by atoms with Gasteiger partial charge in [-0.15, -0.1) is 11.6 Å². The van der Waals surface area contributed by atoms with E-state index in [9.17, 15) is 0 Å². The first-order valence-electron chi connectivity index (χ1n) is 4.06. The van der Waals surface area contributed by atoms with Crippen molar-refractivity contribution >= 4 is 11.6 Å². The predicted octanol–water partition coefficient (Wildman–Crippen LogP) is 3.13. The van der Waals surface area contributed by atoms with Crippen LogP contribution in [0.25, 0.3) is 0 Å². The van der Waals surface area contributed by atoms with Gasteiger partial charge in [0, 0.05) is 5.56 Å². The third-order valence-corrected chi connectivity index (χ3v) is 1.95. The van der Waals surface area contributed by atoms with Crippen LogP contribution in [0.15, 0.2) is 18.2 Å². The molecule has 0 saturated heterocycles. The smallest absolute Gasteiger partial charge is 0.123 e. The summed E-state index contributed by atoms with van der Waals surface area (Å²) in [4.78, 5) is 0. The Bertz CT molecular complexity index is 258. The molecule has 0 unspecified atom stereocenters. The molecule has 1 rings (SSSR count). The molecule has 0 heterocycles. The van der Waals surface area contributed by atoms with Gasteiger partial charge in [0.1, 0.15) is 5.75 Å². The highest BCUT2D eigenvalue weighted by molar-refractivity contribution is 6.17. The van der Waals surface area contributed by atoms with Crippen LogP contribution >= 0.6 is 11.6 Å². The summed E-state index contributed by atoms with van der Waals surface area (Å²) >= 11 is 5.76. The molecule has 0 saturated carbocycles. The van der Waals surface area contributed by atoms with Crippen LogP contribution in [-0.4, -0.2) is 6.61 Å². The Hall–Kier alpha value is -0.690. The van der Waals surface area contributed by atoms with Crippen LogP contribution in [0.5, 0.6) is 5.75 Å². The van der Waals surface area contributed by atoms with E-state index in [-0.39, 0.29) is 0 Å². The third-order valence-electron chi connectivity index (χ3n) is 1.66. The van der Waals surface area contributed by atoms with Gasteiger partial charge < -0.3 is 4.74 Å². The van der Waals surface area contributed by atoms with E-state index >= 15 is 0 Å². The van der Waals surface area contributed by atoms with Gasteiger partial charge in [-0.2, -0.15) is 0 Å². The molecule has 0 aromatic heterocycles. The van der Waals surface area contributed by atoms with Crippen LogP contribution in [-0.2, 0) is 5.88 Å². The fraction of sp³-hybridized carbons (Fsp3) is 0.400. The third kappa shape index (κ3) is 2.15. The SMILES string of the molecule is CCOc1ccc(C)cc1CCl. The molecule has 0 amide bonds. The van der Waals surface area contributed by atoms with E-state index in [4.69, 9.17) is 16.3 Å². The fourth-order valence-electron chi connectivity index (χ4n) is 1.11. The zero-order valence-electron chi connectivity index (χ0n) is 7.43. The molecule has 0 aliphatic carbocycles. The number of hydrogen-bond acceptors (Lipinski definition) is 1. The molecule has 1 nitrogen and oxygen atoms in total. The first-order valence-corrected chi connectivity index (χ1v) is 4.59. The lowest BCUT2D eigenvalue weighted by Gasteiger charge is -2.08. The average Bonchev–Trinajstić information content (AvgIpc) is 2.08. The van der Waals surface area contributed by atoms with E-state index < -0.39 is 0 Å². The summed E-state index contributed by atoms with van der Waals surface area (Å²) in [5, 5.41) is 0. The Balaban J connectivity index is 2.94. The minimum Gasteiger partial charge on any atom is -0.494 e. The molecule has 12 heavy (non-hydrogen) atoms.